The molecule has 0 spiro atoms. The Balaban J connectivity index is 2.08. The third-order valence-corrected chi connectivity index (χ3v) is 5.16. The SMILES string of the molecule is Cc1cccc(C)c1NC(=O)CNS(=O)(=O)c1c(C)n[nH]c1C. The highest BCUT2D eigenvalue weighted by atomic mass is 32.2. The van der Waals surface area contributed by atoms with Crippen LogP contribution in [0.1, 0.15) is 22.5 Å². The van der Waals surface area contributed by atoms with E-state index in [0.717, 1.165) is 11.1 Å². The quantitative estimate of drug-likeness (QED) is 0.771. The first-order valence-electron chi connectivity index (χ1n) is 7.09. The average molecular weight is 336 g/mol. The van der Waals surface area contributed by atoms with E-state index in [-0.39, 0.29) is 11.4 Å². The van der Waals surface area contributed by atoms with E-state index in [1.807, 2.05) is 32.0 Å². The number of aromatic nitrogens is 2. The first-order valence-corrected chi connectivity index (χ1v) is 8.58. The van der Waals surface area contributed by atoms with Gasteiger partial charge in [-0.15, -0.1) is 0 Å². The third kappa shape index (κ3) is 3.77. The van der Waals surface area contributed by atoms with Crippen molar-refractivity contribution >= 4 is 21.6 Å². The number of sulfonamides is 1. The van der Waals surface area contributed by atoms with Gasteiger partial charge < -0.3 is 5.32 Å². The summed E-state index contributed by atoms with van der Waals surface area (Å²) in [6.45, 7) is 6.62. The number of amides is 1. The summed E-state index contributed by atoms with van der Waals surface area (Å²) < 4.78 is 26.9. The van der Waals surface area contributed by atoms with E-state index in [2.05, 4.69) is 20.2 Å². The van der Waals surface area contributed by atoms with Crippen molar-refractivity contribution in [1.82, 2.24) is 14.9 Å². The molecule has 3 N–H and O–H groups in total. The van der Waals surface area contributed by atoms with Crippen LogP contribution < -0.4 is 10.0 Å². The number of aromatic amines is 1. The molecule has 7 nitrogen and oxygen atoms in total. The number of anilines is 1. The van der Waals surface area contributed by atoms with Crippen molar-refractivity contribution in [2.24, 2.45) is 0 Å². The zero-order valence-corrected chi connectivity index (χ0v) is 14.3. The van der Waals surface area contributed by atoms with Crippen molar-refractivity contribution in [3.63, 3.8) is 0 Å². The molecular weight excluding hydrogens is 316 g/mol. The van der Waals surface area contributed by atoms with Gasteiger partial charge in [-0.2, -0.15) is 5.10 Å². The summed E-state index contributed by atoms with van der Waals surface area (Å²) in [5.41, 5.74) is 3.34. The lowest BCUT2D eigenvalue weighted by Gasteiger charge is -2.12. The fraction of sp³-hybridized carbons (Fsp3) is 0.333. The van der Waals surface area contributed by atoms with Crippen molar-refractivity contribution in [3.8, 4) is 0 Å². The van der Waals surface area contributed by atoms with Gasteiger partial charge in [0.25, 0.3) is 0 Å². The number of aryl methyl sites for hydroxylation is 4. The number of hydrogen-bond donors (Lipinski definition) is 3. The van der Waals surface area contributed by atoms with Crippen molar-refractivity contribution < 1.29 is 13.2 Å². The lowest BCUT2D eigenvalue weighted by atomic mass is 10.1. The largest absolute Gasteiger partial charge is 0.324 e. The molecule has 1 aromatic heterocycles. The van der Waals surface area contributed by atoms with Gasteiger partial charge in [-0.25, -0.2) is 13.1 Å². The highest BCUT2D eigenvalue weighted by Gasteiger charge is 2.22. The van der Waals surface area contributed by atoms with Crippen LogP contribution in [0.15, 0.2) is 23.1 Å². The predicted molar refractivity (Wildman–Crippen MR) is 87.8 cm³/mol. The van der Waals surface area contributed by atoms with E-state index in [9.17, 15) is 13.2 Å². The molecule has 0 unspecified atom stereocenters. The second kappa shape index (κ2) is 6.51. The molecule has 0 aliphatic carbocycles. The summed E-state index contributed by atoms with van der Waals surface area (Å²) >= 11 is 0. The highest BCUT2D eigenvalue weighted by molar-refractivity contribution is 7.89. The van der Waals surface area contributed by atoms with E-state index in [0.29, 0.717) is 17.1 Å². The maximum Gasteiger partial charge on any atom is 0.244 e. The Bertz CT molecular complexity index is 801. The number of carbonyl (C=O) groups is 1. The fourth-order valence-electron chi connectivity index (χ4n) is 2.36. The second-order valence-electron chi connectivity index (χ2n) is 5.40. The normalized spacial score (nSPS) is 11.5. The Morgan fingerprint density at radius 3 is 2.30 bits per heavy atom. The van der Waals surface area contributed by atoms with Crippen LogP contribution in [0.3, 0.4) is 0 Å². The number of carbonyl (C=O) groups excluding carboxylic acids is 1. The molecule has 0 radical (unpaired) electrons. The standard InChI is InChI=1S/C15H20N4O3S/c1-9-6-5-7-10(2)14(9)17-13(20)8-16-23(21,22)15-11(3)18-19-12(15)4/h5-7,16H,8H2,1-4H3,(H,17,20)(H,18,19). The summed E-state index contributed by atoms with van der Waals surface area (Å²) in [5, 5.41) is 9.21. The van der Waals surface area contributed by atoms with Crippen LogP contribution in [0.2, 0.25) is 0 Å². The molecule has 0 saturated heterocycles. The van der Waals surface area contributed by atoms with E-state index >= 15 is 0 Å². The first-order chi connectivity index (χ1) is 10.7. The number of rotatable bonds is 5. The van der Waals surface area contributed by atoms with Crippen molar-refractivity contribution in [1.29, 1.82) is 0 Å². The van der Waals surface area contributed by atoms with Crippen LogP contribution in [0.25, 0.3) is 0 Å². The van der Waals surface area contributed by atoms with E-state index in [1.165, 1.54) is 0 Å². The molecule has 0 aliphatic heterocycles. The molecule has 0 bridgehead atoms. The summed E-state index contributed by atoms with van der Waals surface area (Å²) in [5.74, 6) is -0.426. The Kier molecular flexibility index (Phi) is 4.86. The zero-order chi connectivity index (χ0) is 17.2. The minimum atomic E-state index is -3.79. The van der Waals surface area contributed by atoms with Gasteiger partial charge in [-0.1, -0.05) is 18.2 Å². The Morgan fingerprint density at radius 2 is 1.78 bits per heavy atom. The molecule has 2 rings (SSSR count). The Labute approximate surface area is 135 Å². The van der Waals surface area contributed by atoms with Gasteiger partial charge in [0.05, 0.1) is 17.9 Å². The van der Waals surface area contributed by atoms with Gasteiger partial charge in [-0.3, -0.25) is 9.89 Å². The second-order valence-corrected chi connectivity index (χ2v) is 7.11. The predicted octanol–water partition coefficient (Wildman–Crippen LogP) is 1.56. The monoisotopic (exact) mass is 336 g/mol. The molecule has 1 aromatic carbocycles. The minimum Gasteiger partial charge on any atom is -0.324 e. The van der Waals surface area contributed by atoms with Crippen LogP contribution in [0.4, 0.5) is 5.69 Å². The average Bonchev–Trinajstić information content (AvgIpc) is 2.81. The van der Waals surface area contributed by atoms with Crippen molar-refractivity contribution in [2.45, 2.75) is 32.6 Å². The van der Waals surface area contributed by atoms with Crippen LogP contribution in [-0.2, 0) is 14.8 Å². The number of nitrogens with one attached hydrogen (secondary N) is 3. The number of benzene rings is 1. The molecule has 2 aromatic rings. The van der Waals surface area contributed by atoms with E-state index in [4.69, 9.17) is 0 Å². The molecule has 23 heavy (non-hydrogen) atoms. The van der Waals surface area contributed by atoms with Gasteiger partial charge in [0.2, 0.25) is 15.9 Å². The van der Waals surface area contributed by atoms with Crippen LogP contribution in [-0.4, -0.2) is 31.1 Å². The highest BCUT2D eigenvalue weighted by Crippen LogP contribution is 2.19. The molecule has 0 aliphatic rings. The maximum absolute atomic E-state index is 12.3. The topological polar surface area (TPSA) is 104 Å². The van der Waals surface area contributed by atoms with Gasteiger partial charge in [-0.05, 0) is 38.8 Å². The third-order valence-electron chi connectivity index (χ3n) is 3.50. The minimum absolute atomic E-state index is 0.0809. The molecule has 0 saturated carbocycles. The van der Waals surface area contributed by atoms with Gasteiger partial charge in [0, 0.05) is 5.69 Å². The van der Waals surface area contributed by atoms with Gasteiger partial charge in [0.15, 0.2) is 0 Å². The van der Waals surface area contributed by atoms with E-state index < -0.39 is 15.9 Å². The smallest absolute Gasteiger partial charge is 0.244 e. The summed E-state index contributed by atoms with van der Waals surface area (Å²) in [6.07, 6.45) is 0. The fourth-order valence-corrected chi connectivity index (χ4v) is 3.71. The molecule has 0 fully saturated rings. The number of H-pyrrole nitrogens is 1. The first kappa shape index (κ1) is 17.2. The van der Waals surface area contributed by atoms with Gasteiger partial charge in [0.1, 0.15) is 4.90 Å². The Morgan fingerprint density at radius 1 is 1.17 bits per heavy atom. The summed E-state index contributed by atoms with van der Waals surface area (Å²) in [4.78, 5) is 12.1. The molecule has 1 amide bonds. The molecule has 8 heteroatoms. The number of hydrogen-bond acceptors (Lipinski definition) is 4. The lowest BCUT2D eigenvalue weighted by molar-refractivity contribution is -0.115. The van der Waals surface area contributed by atoms with Crippen molar-refractivity contribution in [2.75, 3.05) is 11.9 Å². The summed E-state index contributed by atoms with van der Waals surface area (Å²) in [6, 6.07) is 5.66. The molecule has 1 heterocycles. The molecule has 0 atom stereocenters. The lowest BCUT2D eigenvalue weighted by Crippen LogP contribution is -2.33. The van der Waals surface area contributed by atoms with Crippen molar-refractivity contribution in [3.05, 3.63) is 40.7 Å². The van der Waals surface area contributed by atoms with Crippen LogP contribution >= 0.6 is 0 Å². The van der Waals surface area contributed by atoms with Crippen LogP contribution in [0, 0.1) is 27.7 Å². The van der Waals surface area contributed by atoms with E-state index in [1.54, 1.807) is 13.8 Å². The number of para-hydroxylation sites is 1. The number of nitrogens with zero attached hydrogens (tertiary/aromatic N) is 1. The maximum atomic E-state index is 12.3. The summed E-state index contributed by atoms with van der Waals surface area (Å²) in [7, 11) is -3.79. The Hall–Kier alpha value is -2.19. The van der Waals surface area contributed by atoms with Crippen LogP contribution in [0.5, 0.6) is 0 Å². The zero-order valence-electron chi connectivity index (χ0n) is 13.5. The van der Waals surface area contributed by atoms with Gasteiger partial charge >= 0.3 is 0 Å². The molecular formula is C15H20N4O3S. The molecule has 124 valence electrons.